The Morgan fingerprint density at radius 1 is 1.18 bits per heavy atom. The van der Waals surface area contributed by atoms with E-state index in [-0.39, 0.29) is 36.0 Å². The highest BCUT2D eigenvalue weighted by atomic mass is 32.1. The summed E-state index contributed by atoms with van der Waals surface area (Å²) in [6, 6.07) is 8.50. The van der Waals surface area contributed by atoms with Gasteiger partial charge in [-0.05, 0) is 44.5 Å². The van der Waals surface area contributed by atoms with Crippen LogP contribution in [0.15, 0.2) is 34.9 Å². The molecule has 0 aliphatic rings. The third-order valence-corrected chi connectivity index (χ3v) is 6.34. The number of hydrogen-bond donors (Lipinski definition) is 1. The van der Waals surface area contributed by atoms with Crippen LogP contribution in [0.4, 0.5) is 5.69 Å². The number of thiophene rings is 1. The maximum Gasteiger partial charge on any atom is 0.276 e. The number of aryl methyl sites for hydroxylation is 2. The number of amides is 1. The number of nitro groups is 1. The predicted octanol–water partition coefficient (Wildman–Crippen LogP) is 4.47. The molecule has 0 unspecified atom stereocenters. The van der Waals surface area contributed by atoms with E-state index in [1.54, 1.807) is 30.4 Å². The SMILES string of the molecule is COc1cc(CCNC(=O)c2cc(-c3ccc(C)s3)nc3onc(C)c23)c([N+](=O)[O-])cc1OC. The number of ether oxygens (including phenoxy) is 2. The molecule has 34 heavy (non-hydrogen) atoms. The second-order valence-electron chi connectivity index (χ2n) is 7.51. The number of pyridine rings is 1. The molecule has 3 heterocycles. The molecule has 10 nitrogen and oxygen atoms in total. The zero-order valence-electron chi connectivity index (χ0n) is 19.0. The van der Waals surface area contributed by atoms with E-state index in [0.717, 1.165) is 9.75 Å². The van der Waals surface area contributed by atoms with E-state index in [1.165, 1.54) is 20.3 Å². The van der Waals surface area contributed by atoms with E-state index in [2.05, 4.69) is 15.5 Å². The maximum atomic E-state index is 13.1. The van der Waals surface area contributed by atoms with Crippen LogP contribution in [0, 0.1) is 24.0 Å². The van der Waals surface area contributed by atoms with Crippen LogP contribution in [-0.4, -0.2) is 41.7 Å². The lowest BCUT2D eigenvalue weighted by atomic mass is 10.1. The molecule has 0 atom stereocenters. The highest BCUT2D eigenvalue weighted by Crippen LogP contribution is 2.35. The van der Waals surface area contributed by atoms with Crippen molar-refractivity contribution in [2.45, 2.75) is 20.3 Å². The van der Waals surface area contributed by atoms with E-state index in [9.17, 15) is 14.9 Å². The summed E-state index contributed by atoms with van der Waals surface area (Å²) < 4.78 is 15.8. The second kappa shape index (κ2) is 9.48. The van der Waals surface area contributed by atoms with E-state index in [4.69, 9.17) is 14.0 Å². The van der Waals surface area contributed by atoms with Crippen LogP contribution < -0.4 is 14.8 Å². The quantitative estimate of drug-likeness (QED) is 0.288. The van der Waals surface area contributed by atoms with Crippen molar-refractivity contribution in [2.24, 2.45) is 0 Å². The Labute approximate surface area is 198 Å². The van der Waals surface area contributed by atoms with Crippen LogP contribution in [0.25, 0.3) is 21.7 Å². The summed E-state index contributed by atoms with van der Waals surface area (Å²) in [5.41, 5.74) is 2.13. The minimum absolute atomic E-state index is 0.108. The van der Waals surface area contributed by atoms with Crippen molar-refractivity contribution in [3.05, 3.63) is 62.1 Å². The number of rotatable bonds is 8. The molecule has 0 spiro atoms. The number of nitrogens with zero attached hydrogens (tertiary/aromatic N) is 3. The monoisotopic (exact) mass is 482 g/mol. The fourth-order valence-corrected chi connectivity index (χ4v) is 4.49. The normalized spacial score (nSPS) is 10.9. The van der Waals surface area contributed by atoms with Crippen molar-refractivity contribution in [1.29, 1.82) is 0 Å². The molecule has 1 amide bonds. The van der Waals surface area contributed by atoms with Gasteiger partial charge in [0.2, 0.25) is 0 Å². The van der Waals surface area contributed by atoms with Crippen LogP contribution in [0.5, 0.6) is 11.5 Å². The van der Waals surface area contributed by atoms with E-state index < -0.39 is 4.92 Å². The molecule has 0 aliphatic heterocycles. The third kappa shape index (κ3) is 4.42. The molecule has 0 aliphatic carbocycles. The van der Waals surface area contributed by atoms with Gasteiger partial charge in [-0.1, -0.05) is 5.16 Å². The van der Waals surface area contributed by atoms with Gasteiger partial charge in [0.05, 0.1) is 52.4 Å². The van der Waals surface area contributed by atoms with Crippen molar-refractivity contribution < 1.29 is 23.7 Å². The average Bonchev–Trinajstić information content (AvgIpc) is 3.43. The molecule has 0 saturated carbocycles. The smallest absolute Gasteiger partial charge is 0.276 e. The van der Waals surface area contributed by atoms with Gasteiger partial charge in [-0.3, -0.25) is 14.9 Å². The second-order valence-corrected chi connectivity index (χ2v) is 8.80. The number of carbonyl (C=O) groups is 1. The first kappa shape index (κ1) is 23.2. The van der Waals surface area contributed by atoms with Crippen molar-refractivity contribution in [3.8, 4) is 22.1 Å². The van der Waals surface area contributed by atoms with Crippen molar-refractivity contribution in [2.75, 3.05) is 20.8 Å². The Morgan fingerprint density at radius 3 is 2.56 bits per heavy atom. The number of aromatic nitrogens is 2. The summed E-state index contributed by atoms with van der Waals surface area (Å²) in [4.78, 5) is 30.7. The Hall–Kier alpha value is -3.99. The first-order valence-electron chi connectivity index (χ1n) is 10.3. The molecular weight excluding hydrogens is 460 g/mol. The van der Waals surface area contributed by atoms with Crippen LogP contribution >= 0.6 is 11.3 Å². The molecule has 4 aromatic rings. The summed E-state index contributed by atoms with van der Waals surface area (Å²) in [7, 11) is 2.87. The van der Waals surface area contributed by atoms with Crippen LogP contribution in [0.1, 0.15) is 26.5 Å². The molecule has 11 heteroatoms. The molecule has 176 valence electrons. The topological polar surface area (TPSA) is 130 Å². The summed E-state index contributed by atoms with van der Waals surface area (Å²) in [6.45, 7) is 3.90. The fourth-order valence-electron chi connectivity index (χ4n) is 3.66. The Kier molecular flexibility index (Phi) is 6.46. The maximum absolute atomic E-state index is 13.1. The molecule has 3 aromatic heterocycles. The first-order valence-corrected chi connectivity index (χ1v) is 11.1. The standard InChI is InChI=1S/C23H22N4O6S/c1-12-5-6-20(34-12)16-10-15(21-13(2)26-33-23(21)25-16)22(28)24-8-7-14-9-18(31-3)19(32-4)11-17(14)27(29)30/h5-6,9-11H,7-8H2,1-4H3,(H,24,28). The van der Waals surface area contributed by atoms with Gasteiger partial charge >= 0.3 is 0 Å². The minimum atomic E-state index is -0.485. The van der Waals surface area contributed by atoms with Crippen LogP contribution in [0.3, 0.4) is 0 Å². The molecule has 0 saturated heterocycles. The lowest BCUT2D eigenvalue weighted by Crippen LogP contribution is -2.26. The largest absolute Gasteiger partial charge is 0.493 e. The van der Waals surface area contributed by atoms with Crippen LogP contribution in [-0.2, 0) is 6.42 Å². The Bertz CT molecular complexity index is 1390. The van der Waals surface area contributed by atoms with Crippen molar-refractivity contribution in [1.82, 2.24) is 15.5 Å². The number of nitrogens with one attached hydrogen (secondary N) is 1. The molecule has 1 aromatic carbocycles. The van der Waals surface area contributed by atoms with Gasteiger partial charge in [0.15, 0.2) is 11.5 Å². The van der Waals surface area contributed by atoms with E-state index in [1.807, 2.05) is 19.1 Å². The van der Waals surface area contributed by atoms with Crippen LogP contribution in [0.2, 0.25) is 0 Å². The predicted molar refractivity (Wildman–Crippen MR) is 127 cm³/mol. The van der Waals surface area contributed by atoms with E-state index in [0.29, 0.717) is 33.7 Å². The average molecular weight is 483 g/mol. The highest BCUT2D eigenvalue weighted by molar-refractivity contribution is 7.15. The zero-order chi connectivity index (χ0) is 24.4. The number of methoxy groups -OCH3 is 2. The van der Waals surface area contributed by atoms with Gasteiger partial charge < -0.3 is 19.3 Å². The molecule has 1 N–H and O–H groups in total. The lowest BCUT2D eigenvalue weighted by molar-refractivity contribution is -0.385. The van der Waals surface area contributed by atoms with Gasteiger partial charge in [0.25, 0.3) is 17.3 Å². The molecule has 4 rings (SSSR count). The number of nitro benzene ring substituents is 1. The van der Waals surface area contributed by atoms with Gasteiger partial charge in [0, 0.05) is 17.0 Å². The summed E-state index contributed by atoms with van der Waals surface area (Å²) in [5.74, 6) is 0.290. The molecule has 0 radical (unpaired) electrons. The number of benzene rings is 1. The van der Waals surface area contributed by atoms with Gasteiger partial charge in [0.1, 0.15) is 0 Å². The van der Waals surface area contributed by atoms with Gasteiger partial charge in [-0.15, -0.1) is 11.3 Å². The van der Waals surface area contributed by atoms with Gasteiger partial charge in [-0.25, -0.2) is 4.98 Å². The van der Waals surface area contributed by atoms with E-state index >= 15 is 0 Å². The number of carbonyl (C=O) groups excluding carboxylic acids is 1. The summed E-state index contributed by atoms with van der Waals surface area (Å²) in [6.07, 6.45) is 0.218. The summed E-state index contributed by atoms with van der Waals surface area (Å²) in [5, 5.41) is 18.9. The number of fused-ring (bicyclic) bond motifs is 1. The summed E-state index contributed by atoms with van der Waals surface area (Å²) >= 11 is 1.56. The molecular formula is C23H22N4O6S. The van der Waals surface area contributed by atoms with Gasteiger partial charge in [-0.2, -0.15) is 0 Å². The van der Waals surface area contributed by atoms with Crippen molar-refractivity contribution >= 4 is 34.0 Å². The fraction of sp³-hybridized carbons (Fsp3) is 0.261. The lowest BCUT2D eigenvalue weighted by Gasteiger charge is -2.11. The minimum Gasteiger partial charge on any atom is -0.493 e. The highest BCUT2D eigenvalue weighted by Gasteiger charge is 2.22. The number of hydrogen-bond acceptors (Lipinski definition) is 9. The Balaban J connectivity index is 1.60. The molecule has 0 fully saturated rings. The van der Waals surface area contributed by atoms with Crippen molar-refractivity contribution in [3.63, 3.8) is 0 Å². The third-order valence-electron chi connectivity index (χ3n) is 5.32. The Morgan fingerprint density at radius 2 is 1.91 bits per heavy atom. The molecule has 0 bridgehead atoms. The first-order chi connectivity index (χ1) is 16.3. The zero-order valence-corrected chi connectivity index (χ0v) is 19.8.